The van der Waals surface area contributed by atoms with Gasteiger partial charge in [-0.2, -0.15) is 0 Å². The second-order valence-electron chi connectivity index (χ2n) is 4.69. The van der Waals surface area contributed by atoms with Crippen molar-refractivity contribution in [1.29, 1.82) is 0 Å². The van der Waals surface area contributed by atoms with Crippen LogP contribution >= 0.6 is 0 Å². The van der Waals surface area contributed by atoms with Crippen molar-refractivity contribution in [2.24, 2.45) is 16.6 Å². The van der Waals surface area contributed by atoms with Gasteiger partial charge < -0.3 is 10.5 Å². The minimum Gasteiger partial charge on any atom is -0.381 e. The molecule has 2 nitrogen and oxygen atoms in total. The molecule has 2 aliphatic rings. The summed E-state index contributed by atoms with van der Waals surface area (Å²) < 4.78 is 5.47. The average Bonchev–Trinajstić information content (AvgIpc) is 2.78. The first-order valence-corrected chi connectivity index (χ1v) is 5.02. The van der Waals surface area contributed by atoms with Crippen molar-refractivity contribution in [3.8, 4) is 0 Å². The van der Waals surface area contributed by atoms with Gasteiger partial charge in [-0.05, 0) is 38.0 Å². The van der Waals surface area contributed by atoms with Crippen molar-refractivity contribution in [3.05, 3.63) is 0 Å². The first-order chi connectivity index (χ1) is 5.74. The number of ether oxygens (including phenoxy) is 1. The molecule has 0 bridgehead atoms. The molecular formula is C10H19NO. The van der Waals surface area contributed by atoms with Gasteiger partial charge in [0.15, 0.2) is 0 Å². The summed E-state index contributed by atoms with van der Waals surface area (Å²) >= 11 is 0. The van der Waals surface area contributed by atoms with Crippen LogP contribution in [0.5, 0.6) is 0 Å². The minimum absolute atomic E-state index is 0.368. The third-order valence-electron chi connectivity index (χ3n) is 3.50. The lowest BCUT2D eigenvalue weighted by atomic mass is 9.60. The van der Waals surface area contributed by atoms with Gasteiger partial charge in [0.2, 0.25) is 0 Å². The summed E-state index contributed by atoms with van der Waals surface area (Å²) in [5.74, 6) is 0. The first-order valence-electron chi connectivity index (χ1n) is 5.02. The maximum Gasteiger partial charge on any atom is 0.0534 e. The van der Waals surface area contributed by atoms with Gasteiger partial charge in [0, 0.05) is 18.6 Å². The average molecular weight is 169 g/mol. The summed E-state index contributed by atoms with van der Waals surface area (Å²) in [4.78, 5) is 0. The topological polar surface area (TPSA) is 35.2 Å². The molecule has 2 fully saturated rings. The van der Waals surface area contributed by atoms with Gasteiger partial charge in [0.05, 0.1) is 6.61 Å². The Morgan fingerprint density at radius 3 is 2.42 bits per heavy atom. The third kappa shape index (κ3) is 1.27. The lowest BCUT2D eigenvalue weighted by molar-refractivity contribution is -0.0416. The Kier molecular flexibility index (Phi) is 1.92. The van der Waals surface area contributed by atoms with Crippen molar-refractivity contribution in [3.63, 3.8) is 0 Å². The maximum atomic E-state index is 5.78. The number of hydrogen-bond acceptors (Lipinski definition) is 2. The molecule has 70 valence electrons. The van der Waals surface area contributed by atoms with Gasteiger partial charge in [-0.3, -0.25) is 0 Å². The highest BCUT2D eigenvalue weighted by atomic mass is 16.5. The maximum absolute atomic E-state index is 5.78. The van der Waals surface area contributed by atoms with Crippen LogP contribution in [0.25, 0.3) is 0 Å². The van der Waals surface area contributed by atoms with Crippen LogP contribution in [0.3, 0.4) is 0 Å². The van der Waals surface area contributed by atoms with Gasteiger partial charge in [-0.1, -0.05) is 0 Å². The fraction of sp³-hybridized carbons (Fsp3) is 1.00. The van der Waals surface area contributed by atoms with E-state index in [4.69, 9.17) is 10.5 Å². The van der Waals surface area contributed by atoms with Gasteiger partial charge in [0.1, 0.15) is 0 Å². The van der Waals surface area contributed by atoms with Gasteiger partial charge in [0.25, 0.3) is 0 Å². The first kappa shape index (κ1) is 8.52. The van der Waals surface area contributed by atoms with Crippen LogP contribution in [0.1, 0.15) is 32.6 Å². The van der Waals surface area contributed by atoms with E-state index in [1.807, 2.05) is 0 Å². The molecule has 0 aromatic rings. The van der Waals surface area contributed by atoms with Crippen LogP contribution in [0.15, 0.2) is 0 Å². The van der Waals surface area contributed by atoms with E-state index >= 15 is 0 Å². The number of rotatable bonds is 4. The van der Waals surface area contributed by atoms with Crippen molar-refractivity contribution in [2.75, 3.05) is 19.8 Å². The van der Waals surface area contributed by atoms with Crippen molar-refractivity contribution in [2.45, 2.75) is 32.6 Å². The van der Waals surface area contributed by atoms with Crippen LogP contribution in [0.2, 0.25) is 0 Å². The molecular weight excluding hydrogens is 150 g/mol. The molecule has 0 radical (unpaired) electrons. The Morgan fingerprint density at radius 2 is 2.00 bits per heavy atom. The molecule has 0 saturated heterocycles. The van der Waals surface area contributed by atoms with Crippen molar-refractivity contribution >= 4 is 0 Å². The van der Waals surface area contributed by atoms with Crippen molar-refractivity contribution in [1.82, 2.24) is 0 Å². The lowest BCUT2D eigenvalue weighted by Crippen LogP contribution is -2.47. The molecule has 0 aromatic carbocycles. The molecule has 0 unspecified atom stereocenters. The van der Waals surface area contributed by atoms with E-state index in [-0.39, 0.29) is 0 Å². The standard InChI is InChI=1S/C10H19NO/c1-2-12-8-10(7-11)5-9(6-10)3-4-9/h2-8,11H2,1H3. The third-order valence-corrected chi connectivity index (χ3v) is 3.50. The molecule has 0 aliphatic heterocycles. The summed E-state index contributed by atoms with van der Waals surface area (Å²) in [6.07, 6.45) is 5.55. The predicted octanol–water partition coefficient (Wildman–Crippen LogP) is 1.54. The van der Waals surface area contributed by atoms with Gasteiger partial charge >= 0.3 is 0 Å². The molecule has 2 N–H and O–H groups in total. The zero-order valence-corrected chi connectivity index (χ0v) is 7.94. The minimum atomic E-state index is 0.368. The second-order valence-corrected chi connectivity index (χ2v) is 4.69. The molecule has 2 aliphatic carbocycles. The normalized spacial score (nSPS) is 28.5. The molecule has 2 saturated carbocycles. The predicted molar refractivity (Wildman–Crippen MR) is 48.9 cm³/mol. The molecule has 0 atom stereocenters. The molecule has 12 heavy (non-hydrogen) atoms. The van der Waals surface area contributed by atoms with Crippen LogP contribution in [0.4, 0.5) is 0 Å². The summed E-state index contributed by atoms with van der Waals surface area (Å²) in [6, 6.07) is 0. The van der Waals surface area contributed by atoms with Gasteiger partial charge in [-0.25, -0.2) is 0 Å². The largest absolute Gasteiger partial charge is 0.381 e. The van der Waals surface area contributed by atoms with Crippen molar-refractivity contribution < 1.29 is 4.74 Å². The Morgan fingerprint density at radius 1 is 1.33 bits per heavy atom. The Balaban J connectivity index is 1.82. The highest BCUT2D eigenvalue weighted by Gasteiger charge is 2.60. The molecule has 2 heteroatoms. The quantitative estimate of drug-likeness (QED) is 0.693. The highest BCUT2D eigenvalue weighted by molar-refractivity contribution is 5.11. The fourth-order valence-electron chi connectivity index (χ4n) is 2.69. The lowest BCUT2D eigenvalue weighted by Gasteiger charge is -2.48. The van der Waals surface area contributed by atoms with E-state index in [0.29, 0.717) is 5.41 Å². The summed E-state index contributed by atoms with van der Waals surface area (Å²) in [5.41, 5.74) is 6.89. The second kappa shape index (κ2) is 2.71. The smallest absolute Gasteiger partial charge is 0.0534 e. The molecule has 1 spiro atoms. The highest BCUT2D eigenvalue weighted by Crippen LogP contribution is 2.68. The van der Waals surface area contributed by atoms with Crippen LogP contribution in [-0.4, -0.2) is 19.8 Å². The van der Waals surface area contributed by atoms with E-state index in [9.17, 15) is 0 Å². The van der Waals surface area contributed by atoms with Crippen LogP contribution in [0, 0.1) is 10.8 Å². The SMILES string of the molecule is CCOCC1(CN)CC2(CC2)C1. The summed E-state index contributed by atoms with van der Waals surface area (Å²) in [7, 11) is 0. The molecule has 0 amide bonds. The van der Waals surface area contributed by atoms with Crippen LogP contribution < -0.4 is 5.73 Å². The van der Waals surface area contributed by atoms with E-state index in [0.717, 1.165) is 25.2 Å². The van der Waals surface area contributed by atoms with Crippen LogP contribution in [-0.2, 0) is 4.74 Å². The number of hydrogen-bond donors (Lipinski definition) is 1. The summed E-state index contributed by atoms with van der Waals surface area (Å²) in [6.45, 7) is 4.58. The molecule has 0 aromatic heterocycles. The Bertz CT molecular complexity index is 167. The monoisotopic (exact) mass is 169 g/mol. The molecule has 2 rings (SSSR count). The van der Waals surface area contributed by atoms with E-state index in [2.05, 4.69) is 6.92 Å². The fourth-order valence-corrected chi connectivity index (χ4v) is 2.69. The number of nitrogens with two attached hydrogens (primary N) is 1. The summed E-state index contributed by atoms with van der Waals surface area (Å²) in [5, 5.41) is 0. The van der Waals surface area contributed by atoms with E-state index < -0.39 is 0 Å². The Labute approximate surface area is 74.5 Å². The molecule has 0 heterocycles. The zero-order valence-electron chi connectivity index (χ0n) is 7.94. The van der Waals surface area contributed by atoms with E-state index in [1.54, 1.807) is 0 Å². The zero-order chi connectivity index (χ0) is 8.66. The van der Waals surface area contributed by atoms with Gasteiger partial charge in [-0.15, -0.1) is 0 Å². The Hall–Kier alpha value is -0.0800. The van der Waals surface area contributed by atoms with E-state index in [1.165, 1.54) is 25.7 Å².